The van der Waals surface area contributed by atoms with Crippen molar-refractivity contribution >= 4 is 12.0 Å². The van der Waals surface area contributed by atoms with Gasteiger partial charge in [-0.25, -0.2) is 9.98 Å². The van der Waals surface area contributed by atoms with E-state index in [2.05, 4.69) is 9.98 Å². The van der Waals surface area contributed by atoms with Crippen molar-refractivity contribution in [1.29, 1.82) is 0 Å². The van der Waals surface area contributed by atoms with Crippen LogP contribution in [0.5, 0.6) is 0 Å². The number of aromatic nitrogens is 1. The van der Waals surface area contributed by atoms with Crippen LogP contribution in [0.4, 0.5) is 5.82 Å². The second-order valence-electron chi connectivity index (χ2n) is 2.03. The third kappa shape index (κ3) is 1.41. The molecule has 2 nitrogen and oxygen atoms in total. The molecule has 0 N–H and O–H groups in total. The molecule has 0 saturated heterocycles. The first-order valence-corrected chi connectivity index (χ1v) is 3.25. The van der Waals surface area contributed by atoms with Gasteiger partial charge in [0.15, 0.2) is 5.82 Å². The molecule has 0 aliphatic carbocycles. The van der Waals surface area contributed by atoms with Crippen LogP contribution in [0.2, 0.25) is 0 Å². The normalized spacial score (nSPS) is 10.6. The molecule has 1 aromatic heterocycles. The molecule has 1 aromatic rings. The molecule has 0 spiro atoms. The standard InChI is InChI=1S/C8H10N2/c1-3-9-8-7(2)5-4-6-10-8/h3-6H,1-2H3/b9-3-. The van der Waals surface area contributed by atoms with Crippen LogP contribution in [-0.2, 0) is 0 Å². The highest BCUT2D eigenvalue weighted by Gasteiger charge is 1.90. The van der Waals surface area contributed by atoms with Gasteiger partial charge in [-0.05, 0) is 25.5 Å². The summed E-state index contributed by atoms with van der Waals surface area (Å²) in [6.45, 7) is 3.88. The van der Waals surface area contributed by atoms with E-state index in [0.29, 0.717) is 0 Å². The molecule has 0 amide bonds. The molecule has 1 heterocycles. The maximum Gasteiger partial charge on any atom is 0.154 e. The quantitative estimate of drug-likeness (QED) is 0.540. The van der Waals surface area contributed by atoms with Crippen molar-refractivity contribution in [2.45, 2.75) is 13.8 Å². The Morgan fingerprint density at radius 1 is 1.60 bits per heavy atom. The predicted octanol–water partition coefficient (Wildman–Crippen LogP) is 2.11. The zero-order chi connectivity index (χ0) is 7.40. The van der Waals surface area contributed by atoms with Gasteiger partial charge < -0.3 is 0 Å². The molecule has 0 aliphatic heterocycles. The van der Waals surface area contributed by atoms with Crippen LogP contribution < -0.4 is 0 Å². The molecule has 0 aromatic carbocycles. The van der Waals surface area contributed by atoms with E-state index >= 15 is 0 Å². The van der Waals surface area contributed by atoms with Crippen molar-refractivity contribution < 1.29 is 0 Å². The summed E-state index contributed by atoms with van der Waals surface area (Å²) in [5.41, 5.74) is 1.11. The van der Waals surface area contributed by atoms with Crippen LogP contribution in [0, 0.1) is 6.92 Å². The van der Waals surface area contributed by atoms with Gasteiger partial charge in [0.05, 0.1) is 0 Å². The van der Waals surface area contributed by atoms with Crippen molar-refractivity contribution in [2.75, 3.05) is 0 Å². The van der Waals surface area contributed by atoms with E-state index in [-0.39, 0.29) is 0 Å². The summed E-state index contributed by atoms with van der Waals surface area (Å²) >= 11 is 0. The van der Waals surface area contributed by atoms with Gasteiger partial charge in [0.1, 0.15) is 0 Å². The first-order valence-electron chi connectivity index (χ1n) is 3.25. The first-order chi connectivity index (χ1) is 4.84. The van der Waals surface area contributed by atoms with Crippen LogP contribution in [0.1, 0.15) is 12.5 Å². The summed E-state index contributed by atoms with van der Waals surface area (Å²) in [5, 5.41) is 0. The molecule has 0 radical (unpaired) electrons. The summed E-state index contributed by atoms with van der Waals surface area (Å²) < 4.78 is 0. The lowest BCUT2D eigenvalue weighted by molar-refractivity contribution is 1.23. The van der Waals surface area contributed by atoms with Crippen LogP contribution in [0.15, 0.2) is 23.3 Å². The fraction of sp³-hybridized carbons (Fsp3) is 0.250. The van der Waals surface area contributed by atoms with Gasteiger partial charge in [-0.15, -0.1) is 0 Å². The molecule has 0 fully saturated rings. The second-order valence-corrected chi connectivity index (χ2v) is 2.03. The molecule has 0 bridgehead atoms. The smallest absolute Gasteiger partial charge is 0.154 e. The van der Waals surface area contributed by atoms with Crippen molar-refractivity contribution in [1.82, 2.24) is 4.98 Å². The van der Waals surface area contributed by atoms with Gasteiger partial charge >= 0.3 is 0 Å². The third-order valence-corrected chi connectivity index (χ3v) is 1.23. The number of aliphatic imine (C=N–C) groups is 1. The van der Waals surface area contributed by atoms with E-state index in [9.17, 15) is 0 Å². The topological polar surface area (TPSA) is 25.2 Å². The summed E-state index contributed by atoms with van der Waals surface area (Å²) in [6, 6.07) is 3.90. The lowest BCUT2D eigenvalue weighted by Crippen LogP contribution is -1.77. The summed E-state index contributed by atoms with van der Waals surface area (Å²) in [7, 11) is 0. The summed E-state index contributed by atoms with van der Waals surface area (Å²) in [4.78, 5) is 8.14. The van der Waals surface area contributed by atoms with Gasteiger partial charge in [-0.3, -0.25) is 0 Å². The average molecular weight is 134 g/mol. The number of aryl methyl sites for hydroxylation is 1. The Labute approximate surface area is 60.6 Å². The van der Waals surface area contributed by atoms with E-state index in [4.69, 9.17) is 0 Å². The van der Waals surface area contributed by atoms with Crippen LogP contribution in [-0.4, -0.2) is 11.2 Å². The molecule has 10 heavy (non-hydrogen) atoms. The Morgan fingerprint density at radius 2 is 2.40 bits per heavy atom. The highest BCUT2D eigenvalue weighted by Crippen LogP contribution is 2.11. The van der Waals surface area contributed by atoms with Gasteiger partial charge in [-0.1, -0.05) is 6.07 Å². The molecular formula is C8H10N2. The van der Waals surface area contributed by atoms with Crippen molar-refractivity contribution in [2.24, 2.45) is 4.99 Å². The molecule has 0 aliphatic rings. The maximum atomic E-state index is 4.07. The average Bonchev–Trinajstić information content (AvgIpc) is 1.94. The number of pyridine rings is 1. The van der Waals surface area contributed by atoms with Crippen LogP contribution in [0.25, 0.3) is 0 Å². The Balaban J connectivity index is 3.03. The zero-order valence-corrected chi connectivity index (χ0v) is 6.20. The molecular weight excluding hydrogens is 124 g/mol. The third-order valence-electron chi connectivity index (χ3n) is 1.23. The van der Waals surface area contributed by atoms with E-state index in [1.54, 1.807) is 12.4 Å². The SMILES string of the molecule is C/C=N\c1ncccc1C. The lowest BCUT2D eigenvalue weighted by atomic mass is 10.3. The minimum atomic E-state index is 0.810. The number of rotatable bonds is 1. The number of hydrogen-bond donors (Lipinski definition) is 0. The summed E-state index contributed by atoms with van der Waals surface area (Å²) in [5.74, 6) is 0.810. The monoisotopic (exact) mass is 134 g/mol. The molecule has 2 heteroatoms. The first kappa shape index (κ1) is 6.93. The van der Waals surface area contributed by atoms with Crippen molar-refractivity contribution in [3.8, 4) is 0 Å². The Hall–Kier alpha value is -1.18. The Bertz CT molecular complexity index is 241. The van der Waals surface area contributed by atoms with Crippen molar-refractivity contribution in [3.63, 3.8) is 0 Å². The summed E-state index contributed by atoms with van der Waals surface area (Å²) in [6.07, 6.45) is 3.49. The zero-order valence-electron chi connectivity index (χ0n) is 6.20. The van der Waals surface area contributed by atoms with E-state index < -0.39 is 0 Å². The van der Waals surface area contributed by atoms with Gasteiger partial charge in [0, 0.05) is 12.4 Å². The second kappa shape index (κ2) is 3.11. The molecule has 52 valence electrons. The fourth-order valence-electron chi connectivity index (χ4n) is 0.735. The lowest BCUT2D eigenvalue weighted by Gasteiger charge is -1.94. The number of hydrogen-bond acceptors (Lipinski definition) is 2. The van der Waals surface area contributed by atoms with E-state index in [1.807, 2.05) is 26.0 Å². The molecule has 1 rings (SSSR count). The fourth-order valence-corrected chi connectivity index (χ4v) is 0.735. The minimum Gasteiger partial charge on any atom is -0.242 e. The van der Waals surface area contributed by atoms with Crippen molar-refractivity contribution in [3.05, 3.63) is 23.9 Å². The van der Waals surface area contributed by atoms with E-state index in [0.717, 1.165) is 11.4 Å². The van der Waals surface area contributed by atoms with E-state index in [1.165, 1.54) is 0 Å². The maximum absolute atomic E-state index is 4.07. The molecule has 0 saturated carbocycles. The Kier molecular flexibility index (Phi) is 2.15. The molecule has 0 atom stereocenters. The molecule has 0 unspecified atom stereocenters. The minimum absolute atomic E-state index is 0.810. The highest BCUT2D eigenvalue weighted by molar-refractivity contribution is 5.59. The largest absolute Gasteiger partial charge is 0.242 e. The van der Waals surface area contributed by atoms with Crippen LogP contribution in [0.3, 0.4) is 0 Å². The van der Waals surface area contributed by atoms with Gasteiger partial charge in [0.25, 0.3) is 0 Å². The van der Waals surface area contributed by atoms with Gasteiger partial charge in [-0.2, -0.15) is 0 Å². The Morgan fingerprint density at radius 3 is 3.00 bits per heavy atom. The van der Waals surface area contributed by atoms with Gasteiger partial charge in [0.2, 0.25) is 0 Å². The number of nitrogens with zero attached hydrogens (tertiary/aromatic N) is 2. The van der Waals surface area contributed by atoms with Crippen LogP contribution >= 0.6 is 0 Å². The predicted molar refractivity (Wildman–Crippen MR) is 42.8 cm³/mol. The highest BCUT2D eigenvalue weighted by atomic mass is 14.9.